The van der Waals surface area contributed by atoms with Crippen molar-refractivity contribution in [2.24, 2.45) is 0 Å². The molecule has 0 fully saturated rings. The standard InChI is InChI=1S/C14H18N2O5/c1-21-13(18)6-5-11(14(19)20)16-12(17)8-9-3-2-4-10(15)7-9/h2-4,7,11H,5-6,8,15H2,1H3,(H,16,17)(H,19,20)/t11-/m0/s1. The van der Waals surface area contributed by atoms with Crippen LogP contribution in [0.1, 0.15) is 18.4 Å². The summed E-state index contributed by atoms with van der Waals surface area (Å²) < 4.78 is 4.44. The van der Waals surface area contributed by atoms with Gasteiger partial charge in [0.2, 0.25) is 5.91 Å². The number of carboxylic acid groups (broad SMARTS) is 1. The van der Waals surface area contributed by atoms with Crippen LogP contribution in [0.15, 0.2) is 24.3 Å². The molecular formula is C14H18N2O5. The van der Waals surface area contributed by atoms with Crippen molar-refractivity contribution in [3.05, 3.63) is 29.8 Å². The average molecular weight is 294 g/mol. The van der Waals surface area contributed by atoms with E-state index in [2.05, 4.69) is 10.1 Å². The van der Waals surface area contributed by atoms with Gasteiger partial charge in [-0.25, -0.2) is 4.79 Å². The average Bonchev–Trinajstić information content (AvgIpc) is 2.42. The van der Waals surface area contributed by atoms with E-state index in [4.69, 9.17) is 10.8 Å². The number of esters is 1. The molecule has 0 heterocycles. The van der Waals surface area contributed by atoms with Crippen LogP contribution in [-0.2, 0) is 25.5 Å². The van der Waals surface area contributed by atoms with E-state index in [1.807, 2.05) is 0 Å². The van der Waals surface area contributed by atoms with Crippen LogP contribution in [0.25, 0.3) is 0 Å². The third-order valence-electron chi connectivity index (χ3n) is 2.81. The normalized spacial score (nSPS) is 11.5. The summed E-state index contributed by atoms with van der Waals surface area (Å²) in [6.07, 6.45) is -0.0796. The van der Waals surface area contributed by atoms with Crippen molar-refractivity contribution in [1.29, 1.82) is 0 Å². The van der Waals surface area contributed by atoms with E-state index < -0.39 is 23.9 Å². The Morgan fingerprint density at radius 1 is 1.38 bits per heavy atom. The first-order chi connectivity index (χ1) is 9.92. The lowest BCUT2D eigenvalue weighted by Crippen LogP contribution is -2.41. The van der Waals surface area contributed by atoms with E-state index in [1.54, 1.807) is 24.3 Å². The summed E-state index contributed by atoms with van der Waals surface area (Å²) >= 11 is 0. The maximum atomic E-state index is 11.8. The van der Waals surface area contributed by atoms with Gasteiger partial charge in [-0.15, -0.1) is 0 Å². The molecule has 21 heavy (non-hydrogen) atoms. The number of carbonyl (C=O) groups excluding carboxylic acids is 2. The molecule has 1 aromatic carbocycles. The lowest BCUT2D eigenvalue weighted by molar-refractivity contribution is -0.144. The zero-order valence-electron chi connectivity index (χ0n) is 11.7. The molecule has 7 heteroatoms. The predicted octanol–water partition coefficient (Wildman–Crippen LogP) is 0.334. The first kappa shape index (κ1) is 16.5. The van der Waals surface area contributed by atoms with Crippen LogP contribution >= 0.6 is 0 Å². The van der Waals surface area contributed by atoms with Gasteiger partial charge >= 0.3 is 11.9 Å². The van der Waals surface area contributed by atoms with Crippen molar-refractivity contribution in [3.63, 3.8) is 0 Å². The fourth-order valence-corrected chi connectivity index (χ4v) is 1.76. The summed E-state index contributed by atoms with van der Waals surface area (Å²) in [4.78, 5) is 33.9. The Morgan fingerprint density at radius 2 is 2.10 bits per heavy atom. The second-order valence-electron chi connectivity index (χ2n) is 4.49. The Kier molecular flexibility index (Phi) is 6.19. The molecule has 0 bridgehead atoms. The van der Waals surface area contributed by atoms with E-state index in [0.29, 0.717) is 11.3 Å². The lowest BCUT2D eigenvalue weighted by atomic mass is 10.1. The largest absolute Gasteiger partial charge is 0.480 e. The fourth-order valence-electron chi connectivity index (χ4n) is 1.76. The third kappa shape index (κ3) is 5.94. The quantitative estimate of drug-likeness (QED) is 0.492. The number of ether oxygens (including phenoxy) is 1. The molecule has 0 unspecified atom stereocenters. The molecule has 7 nitrogen and oxygen atoms in total. The molecule has 1 atom stereocenters. The number of carbonyl (C=O) groups is 3. The maximum Gasteiger partial charge on any atom is 0.326 e. The second-order valence-corrected chi connectivity index (χ2v) is 4.49. The van der Waals surface area contributed by atoms with Crippen LogP contribution in [0.2, 0.25) is 0 Å². The molecule has 0 saturated carbocycles. The Bertz CT molecular complexity index is 530. The fraction of sp³-hybridized carbons (Fsp3) is 0.357. The zero-order valence-corrected chi connectivity index (χ0v) is 11.7. The van der Waals surface area contributed by atoms with Gasteiger partial charge in [0.25, 0.3) is 0 Å². The van der Waals surface area contributed by atoms with E-state index in [1.165, 1.54) is 7.11 Å². The van der Waals surface area contributed by atoms with E-state index >= 15 is 0 Å². The zero-order chi connectivity index (χ0) is 15.8. The summed E-state index contributed by atoms with van der Waals surface area (Å²) in [6.45, 7) is 0. The predicted molar refractivity (Wildman–Crippen MR) is 75.4 cm³/mol. The van der Waals surface area contributed by atoms with Crippen molar-refractivity contribution in [2.45, 2.75) is 25.3 Å². The lowest BCUT2D eigenvalue weighted by Gasteiger charge is -2.14. The third-order valence-corrected chi connectivity index (χ3v) is 2.81. The molecule has 114 valence electrons. The first-order valence-corrected chi connectivity index (χ1v) is 6.35. The van der Waals surface area contributed by atoms with Gasteiger partial charge in [-0.1, -0.05) is 12.1 Å². The highest BCUT2D eigenvalue weighted by molar-refractivity contribution is 5.85. The monoisotopic (exact) mass is 294 g/mol. The molecule has 0 aliphatic carbocycles. The summed E-state index contributed by atoms with van der Waals surface area (Å²) in [5.41, 5.74) is 6.82. The maximum absolute atomic E-state index is 11.8. The van der Waals surface area contributed by atoms with Crippen molar-refractivity contribution in [2.75, 3.05) is 12.8 Å². The number of anilines is 1. The number of hydrogen-bond acceptors (Lipinski definition) is 5. The molecule has 1 rings (SSSR count). The van der Waals surface area contributed by atoms with Crippen molar-refractivity contribution in [1.82, 2.24) is 5.32 Å². The minimum absolute atomic E-state index is 0.0209. The number of hydrogen-bond donors (Lipinski definition) is 3. The van der Waals surface area contributed by atoms with Gasteiger partial charge in [0.15, 0.2) is 0 Å². The van der Waals surface area contributed by atoms with Crippen LogP contribution in [-0.4, -0.2) is 36.1 Å². The highest BCUT2D eigenvalue weighted by Crippen LogP contribution is 2.07. The Hall–Kier alpha value is -2.57. The molecule has 4 N–H and O–H groups in total. The van der Waals surface area contributed by atoms with Crippen molar-refractivity contribution >= 4 is 23.5 Å². The van der Waals surface area contributed by atoms with Gasteiger partial charge in [-0.3, -0.25) is 9.59 Å². The number of carboxylic acids is 1. The summed E-state index contributed by atoms with van der Waals surface area (Å²) in [5, 5.41) is 11.4. The molecule has 0 aromatic heterocycles. The number of nitrogens with two attached hydrogens (primary N) is 1. The van der Waals surface area contributed by atoms with E-state index in [0.717, 1.165) is 0 Å². The van der Waals surface area contributed by atoms with Gasteiger partial charge in [0, 0.05) is 12.1 Å². The van der Waals surface area contributed by atoms with Gasteiger partial charge in [-0.2, -0.15) is 0 Å². The molecule has 1 amide bonds. The summed E-state index contributed by atoms with van der Waals surface area (Å²) in [6, 6.07) is 5.64. The molecule has 0 aliphatic heterocycles. The number of amides is 1. The molecule has 1 aromatic rings. The number of rotatable bonds is 7. The minimum Gasteiger partial charge on any atom is -0.480 e. The Balaban J connectivity index is 2.56. The van der Waals surface area contributed by atoms with Crippen LogP contribution in [0.5, 0.6) is 0 Å². The SMILES string of the molecule is COC(=O)CC[C@H](NC(=O)Cc1cccc(N)c1)C(=O)O. The van der Waals surface area contributed by atoms with Gasteiger partial charge in [0.1, 0.15) is 6.04 Å². The van der Waals surface area contributed by atoms with Crippen LogP contribution in [0.4, 0.5) is 5.69 Å². The molecular weight excluding hydrogens is 276 g/mol. The number of aliphatic carboxylic acids is 1. The number of methoxy groups -OCH3 is 1. The van der Waals surface area contributed by atoms with E-state index in [9.17, 15) is 14.4 Å². The number of nitrogen functional groups attached to an aromatic ring is 1. The number of nitrogens with one attached hydrogen (secondary N) is 1. The first-order valence-electron chi connectivity index (χ1n) is 6.35. The molecule has 0 radical (unpaired) electrons. The summed E-state index contributed by atoms with van der Waals surface area (Å²) in [7, 11) is 1.22. The highest BCUT2D eigenvalue weighted by atomic mass is 16.5. The topological polar surface area (TPSA) is 119 Å². The van der Waals surface area contributed by atoms with Crippen LogP contribution in [0, 0.1) is 0 Å². The smallest absolute Gasteiger partial charge is 0.326 e. The van der Waals surface area contributed by atoms with Crippen molar-refractivity contribution in [3.8, 4) is 0 Å². The van der Waals surface area contributed by atoms with Gasteiger partial charge < -0.3 is 20.9 Å². The molecule has 0 aliphatic rings. The summed E-state index contributed by atoms with van der Waals surface area (Å²) in [5.74, 6) is -2.16. The second kappa shape index (κ2) is 7.88. The Morgan fingerprint density at radius 3 is 2.67 bits per heavy atom. The molecule has 0 saturated heterocycles. The van der Waals surface area contributed by atoms with Crippen LogP contribution in [0.3, 0.4) is 0 Å². The van der Waals surface area contributed by atoms with E-state index in [-0.39, 0.29) is 19.3 Å². The Labute approximate surface area is 122 Å². The molecule has 0 spiro atoms. The van der Waals surface area contributed by atoms with Gasteiger partial charge in [-0.05, 0) is 24.1 Å². The number of benzene rings is 1. The highest BCUT2D eigenvalue weighted by Gasteiger charge is 2.21. The minimum atomic E-state index is -1.19. The van der Waals surface area contributed by atoms with Crippen molar-refractivity contribution < 1.29 is 24.2 Å². The van der Waals surface area contributed by atoms with Gasteiger partial charge in [0.05, 0.1) is 13.5 Å². The van der Waals surface area contributed by atoms with Crippen LogP contribution < -0.4 is 11.1 Å².